The molecule has 76 valence electrons. The van der Waals surface area contributed by atoms with Crippen molar-refractivity contribution >= 4 is 23.0 Å². The van der Waals surface area contributed by atoms with E-state index >= 15 is 0 Å². The van der Waals surface area contributed by atoms with Gasteiger partial charge in [0.2, 0.25) is 5.91 Å². The Hall–Kier alpha value is -2.10. The Morgan fingerprint density at radius 3 is 3.07 bits per heavy atom. The summed E-state index contributed by atoms with van der Waals surface area (Å²) in [6.45, 7) is 1.42. The number of carbonyl (C=O) groups is 1. The van der Waals surface area contributed by atoms with E-state index in [2.05, 4.69) is 15.5 Å². The number of nitrogens with zero attached hydrogens (tertiary/aromatic N) is 1. The second-order valence-corrected chi connectivity index (χ2v) is 3.22. The van der Waals surface area contributed by atoms with Gasteiger partial charge in [0.1, 0.15) is 0 Å². The van der Waals surface area contributed by atoms with Crippen molar-refractivity contribution in [2.45, 2.75) is 6.92 Å². The summed E-state index contributed by atoms with van der Waals surface area (Å²) in [5.41, 5.74) is 4.38. The van der Waals surface area contributed by atoms with Crippen molar-refractivity contribution in [2.24, 2.45) is 5.10 Å². The zero-order valence-electron chi connectivity index (χ0n) is 8.32. The van der Waals surface area contributed by atoms with E-state index in [9.17, 15) is 4.79 Å². The van der Waals surface area contributed by atoms with E-state index < -0.39 is 0 Å². The number of hydrogen-bond donors (Lipinski definition) is 2. The third-order valence-corrected chi connectivity index (χ3v) is 2.05. The van der Waals surface area contributed by atoms with Crippen molar-refractivity contribution in [3.8, 4) is 0 Å². The number of nitrogens with one attached hydrogen (secondary N) is 2. The molecule has 0 unspecified atom stereocenters. The fourth-order valence-electron chi connectivity index (χ4n) is 1.39. The standard InChI is InChI=1S/C11H11N3O/c1-8(15)14-13-7-9-6-12-11-5-3-2-4-10(9)11/h2-7,12H,1H3,(H,14,15)/b13-7-. The van der Waals surface area contributed by atoms with E-state index in [-0.39, 0.29) is 5.91 Å². The van der Waals surface area contributed by atoms with Crippen LogP contribution in [0.2, 0.25) is 0 Å². The predicted octanol–water partition coefficient (Wildman–Crippen LogP) is 1.64. The molecule has 4 heteroatoms. The molecular weight excluding hydrogens is 190 g/mol. The lowest BCUT2D eigenvalue weighted by Gasteiger charge is -1.91. The highest BCUT2D eigenvalue weighted by Crippen LogP contribution is 2.15. The van der Waals surface area contributed by atoms with Gasteiger partial charge in [0.05, 0.1) is 6.21 Å². The molecule has 2 N–H and O–H groups in total. The lowest BCUT2D eigenvalue weighted by Crippen LogP contribution is -2.12. The van der Waals surface area contributed by atoms with Crippen molar-refractivity contribution in [2.75, 3.05) is 0 Å². The van der Waals surface area contributed by atoms with Gasteiger partial charge in [-0.1, -0.05) is 18.2 Å². The van der Waals surface area contributed by atoms with E-state index in [4.69, 9.17) is 0 Å². The van der Waals surface area contributed by atoms with Gasteiger partial charge in [-0.2, -0.15) is 5.10 Å². The Morgan fingerprint density at radius 1 is 1.47 bits per heavy atom. The number of rotatable bonds is 2. The molecule has 0 saturated heterocycles. The van der Waals surface area contributed by atoms with Crippen LogP contribution in [0.15, 0.2) is 35.6 Å². The van der Waals surface area contributed by atoms with E-state index in [0.717, 1.165) is 16.5 Å². The molecule has 2 rings (SSSR count). The van der Waals surface area contributed by atoms with Gasteiger partial charge in [0, 0.05) is 29.6 Å². The average molecular weight is 201 g/mol. The Labute approximate surface area is 87.0 Å². The molecule has 0 atom stereocenters. The average Bonchev–Trinajstić information content (AvgIpc) is 2.62. The maximum Gasteiger partial charge on any atom is 0.236 e. The first-order valence-electron chi connectivity index (χ1n) is 4.63. The van der Waals surface area contributed by atoms with Crippen molar-refractivity contribution in [1.29, 1.82) is 0 Å². The molecule has 0 aliphatic heterocycles. The van der Waals surface area contributed by atoms with Crippen LogP contribution in [0, 0.1) is 0 Å². The largest absolute Gasteiger partial charge is 0.361 e. The number of amides is 1. The van der Waals surface area contributed by atoms with Gasteiger partial charge in [-0.05, 0) is 6.07 Å². The molecule has 1 heterocycles. The second kappa shape index (κ2) is 3.96. The molecule has 0 aliphatic rings. The van der Waals surface area contributed by atoms with Crippen molar-refractivity contribution in [1.82, 2.24) is 10.4 Å². The van der Waals surface area contributed by atoms with Crippen LogP contribution in [-0.4, -0.2) is 17.1 Å². The van der Waals surface area contributed by atoms with Crippen LogP contribution in [-0.2, 0) is 4.79 Å². The van der Waals surface area contributed by atoms with Gasteiger partial charge in [-0.15, -0.1) is 0 Å². The molecule has 0 fully saturated rings. The van der Waals surface area contributed by atoms with Crippen LogP contribution in [0.5, 0.6) is 0 Å². The quantitative estimate of drug-likeness (QED) is 0.563. The number of aromatic nitrogens is 1. The number of carbonyl (C=O) groups excluding carboxylic acids is 1. The van der Waals surface area contributed by atoms with E-state index in [1.807, 2.05) is 30.5 Å². The molecule has 0 saturated carbocycles. The van der Waals surface area contributed by atoms with Crippen LogP contribution in [0.1, 0.15) is 12.5 Å². The first kappa shape index (κ1) is 9.45. The van der Waals surface area contributed by atoms with Crippen molar-refractivity contribution in [3.63, 3.8) is 0 Å². The Kier molecular flexibility index (Phi) is 2.49. The third kappa shape index (κ3) is 2.04. The molecule has 0 aliphatic carbocycles. The lowest BCUT2D eigenvalue weighted by molar-refractivity contribution is -0.118. The number of aromatic amines is 1. The molecule has 15 heavy (non-hydrogen) atoms. The molecule has 0 bridgehead atoms. The summed E-state index contributed by atoms with van der Waals surface area (Å²) >= 11 is 0. The summed E-state index contributed by atoms with van der Waals surface area (Å²) < 4.78 is 0. The highest BCUT2D eigenvalue weighted by Gasteiger charge is 1.98. The van der Waals surface area contributed by atoms with E-state index in [1.54, 1.807) is 6.21 Å². The summed E-state index contributed by atoms with van der Waals surface area (Å²) in [6.07, 6.45) is 3.48. The predicted molar refractivity (Wildman–Crippen MR) is 59.7 cm³/mol. The van der Waals surface area contributed by atoms with Crippen LogP contribution in [0.25, 0.3) is 10.9 Å². The number of fused-ring (bicyclic) bond motifs is 1. The number of benzene rings is 1. The Bertz CT molecular complexity index is 513. The minimum absolute atomic E-state index is 0.175. The maximum absolute atomic E-state index is 10.6. The Morgan fingerprint density at radius 2 is 2.27 bits per heavy atom. The normalized spacial score (nSPS) is 11.0. The molecule has 0 spiro atoms. The third-order valence-electron chi connectivity index (χ3n) is 2.05. The maximum atomic E-state index is 10.6. The van der Waals surface area contributed by atoms with Gasteiger partial charge in [0.25, 0.3) is 0 Å². The highest BCUT2D eigenvalue weighted by atomic mass is 16.2. The number of para-hydroxylation sites is 1. The van der Waals surface area contributed by atoms with Gasteiger partial charge < -0.3 is 4.98 Å². The zero-order valence-corrected chi connectivity index (χ0v) is 8.32. The molecule has 2 aromatic rings. The topological polar surface area (TPSA) is 57.2 Å². The summed E-state index contributed by atoms with van der Waals surface area (Å²) in [5, 5.41) is 4.91. The molecule has 0 radical (unpaired) electrons. The summed E-state index contributed by atoms with van der Waals surface area (Å²) in [5.74, 6) is -0.175. The highest BCUT2D eigenvalue weighted by molar-refractivity contribution is 5.99. The number of hydrogen-bond acceptors (Lipinski definition) is 2. The molecule has 4 nitrogen and oxygen atoms in total. The number of H-pyrrole nitrogens is 1. The SMILES string of the molecule is CC(=O)N/N=C\c1c[nH]c2ccccc12. The molecule has 1 aromatic heterocycles. The van der Waals surface area contributed by atoms with Crippen LogP contribution < -0.4 is 5.43 Å². The fraction of sp³-hybridized carbons (Fsp3) is 0.0909. The van der Waals surface area contributed by atoms with E-state index in [0.29, 0.717) is 0 Å². The minimum atomic E-state index is -0.175. The Balaban J connectivity index is 2.28. The number of hydrazone groups is 1. The van der Waals surface area contributed by atoms with Gasteiger partial charge in [-0.3, -0.25) is 4.79 Å². The van der Waals surface area contributed by atoms with Crippen LogP contribution in [0.4, 0.5) is 0 Å². The van der Waals surface area contributed by atoms with Crippen LogP contribution in [0.3, 0.4) is 0 Å². The minimum Gasteiger partial charge on any atom is -0.361 e. The van der Waals surface area contributed by atoms with Gasteiger partial charge >= 0.3 is 0 Å². The van der Waals surface area contributed by atoms with Gasteiger partial charge in [-0.25, -0.2) is 5.43 Å². The molecule has 1 amide bonds. The fourth-order valence-corrected chi connectivity index (χ4v) is 1.39. The summed E-state index contributed by atoms with van der Waals surface area (Å²) in [7, 11) is 0. The first-order chi connectivity index (χ1) is 7.27. The molecular formula is C11H11N3O. The zero-order chi connectivity index (χ0) is 10.7. The van der Waals surface area contributed by atoms with Crippen molar-refractivity contribution in [3.05, 3.63) is 36.0 Å². The summed E-state index contributed by atoms with van der Waals surface area (Å²) in [6, 6.07) is 7.92. The summed E-state index contributed by atoms with van der Waals surface area (Å²) in [4.78, 5) is 13.7. The van der Waals surface area contributed by atoms with Gasteiger partial charge in [0.15, 0.2) is 0 Å². The van der Waals surface area contributed by atoms with Crippen molar-refractivity contribution < 1.29 is 4.79 Å². The monoisotopic (exact) mass is 201 g/mol. The lowest BCUT2D eigenvalue weighted by atomic mass is 10.2. The second-order valence-electron chi connectivity index (χ2n) is 3.22. The van der Waals surface area contributed by atoms with Crippen LogP contribution >= 0.6 is 0 Å². The molecule has 1 aromatic carbocycles. The smallest absolute Gasteiger partial charge is 0.236 e. The van der Waals surface area contributed by atoms with E-state index in [1.165, 1.54) is 6.92 Å². The first-order valence-corrected chi connectivity index (χ1v) is 4.63.